The lowest BCUT2D eigenvalue weighted by molar-refractivity contribution is -0.137. The second-order valence-electron chi connectivity index (χ2n) is 12.8. The number of thiophene rings is 1. The van der Waals surface area contributed by atoms with Crippen molar-refractivity contribution in [3.63, 3.8) is 0 Å². The Morgan fingerprint density at radius 1 is 0.621 bits per heavy atom. The molecule has 8 rings (SSSR count). The molecule has 0 radical (unpaired) electrons. The highest BCUT2D eigenvalue weighted by atomic mass is 35.5. The summed E-state index contributed by atoms with van der Waals surface area (Å²) in [6.45, 7) is 0.880. The number of rotatable bonds is 12. The fourth-order valence-corrected chi connectivity index (χ4v) is 6.62. The molecule has 0 saturated heterocycles. The van der Waals surface area contributed by atoms with E-state index < -0.39 is 11.7 Å². The number of halogens is 4. The van der Waals surface area contributed by atoms with Crippen molar-refractivity contribution in [1.82, 2.24) is 19.9 Å². The number of aromatic nitrogens is 4. The number of hydrogen-bond acceptors (Lipinski definition) is 7. The molecule has 0 amide bonds. The quantitative estimate of drug-likeness (QED) is 0.127. The fraction of sp³-hybridized carbons (Fsp3) is 0.111. The number of nitrogens with one attached hydrogen (secondary N) is 2. The van der Waals surface area contributed by atoms with Crippen LogP contribution in [-0.4, -0.2) is 34.2 Å². The van der Waals surface area contributed by atoms with E-state index >= 15 is 0 Å². The number of H-pyrrole nitrogens is 2. The maximum Gasteiger partial charge on any atom is 0.416 e. The third-order valence-corrected chi connectivity index (χ3v) is 9.86. The monoisotopic (exact) mass is 820 g/mol. The van der Waals surface area contributed by atoms with Gasteiger partial charge in [0.1, 0.15) is 36.4 Å². The third kappa shape index (κ3) is 9.89. The van der Waals surface area contributed by atoms with Gasteiger partial charge in [0.25, 0.3) is 0 Å². The lowest BCUT2D eigenvalue weighted by Gasteiger charge is -2.12. The second-order valence-corrected chi connectivity index (χ2v) is 14.0. The number of aromatic amines is 2. The van der Waals surface area contributed by atoms with Gasteiger partial charge in [-0.2, -0.15) is 24.5 Å². The Morgan fingerprint density at radius 2 is 1.28 bits per heavy atom. The highest BCUT2D eigenvalue weighted by Gasteiger charge is 2.30. The predicted octanol–water partition coefficient (Wildman–Crippen LogP) is 12.4. The van der Waals surface area contributed by atoms with Crippen LogP contribution in [0.2, 0.25) is 5.02 Å². The van der Waals surface area contributed by atoms with Crippen LogP contribution in [0.25, 0.3) is 45.3 Å². The summed E-state index contributed by atoms with van der Waals surface area (Å²) >= 11 is 7.55. The van der Waals surface area contributed by atoms with Crippen molar-refractivity contribution in [2.75, 3.05) is 14.2 Å². The predicted molar refractivity (Wildman–Crippen MR) is 221 cm³/mol. The maximum absolute atomic E-state index is 12.8. The van der Waals surface area contributed by atoms with E-state index in [0.717, 1.165) is 57.2 Å². The maximum atomic E-state index is 12.8. The van der Waals surface area contributed by atoms with Crippen molar-refractivity contribution in [3.8, 4) is 68.3 Å². The molecule has 0 atom stereocenters. The zero-order chi connectivity index (χ0) is 40.5. The normalized spacial score (nSPS) is 11.1. The summed E-state index contributed by atoms with van der Waals surface area (Å²) in [6, 6.07) is 35.7. The lowest BCUT2D eigenvalue weighted by Crippen LogP contribution is -2.04. The van der Waals surface area contributed by atoms with E-state index in [9.17, 15) is 13.2 Å². The topological polar surface area (TPSA) is 94.3 Å². The van der Waals surface area contributed by atoms with Crippen LogP contribution in [0.1, 0.15) is 16.7 Å². The van der Waals surface area contributed by atoms with E-state index in [1.54, 1.807) is 50.0 Å². The van der Waals surface area contributed by atoms with Gasteiger partial charge in [-0.15, -0.1) is 0 Å². The first kappa shape index (κ1) is 39.7. The summed E-state index contributed by atoms with van der Waals surface area (Å²) in [5.74, 6) is 3.94. The summed E-state index contributed by atoms with van der Waals surface area (Å²) in [7, 11) is 3.20. The summed E-state index contributed by atoms with van der Waals surface area (Å²) in [6.07, 6.45) is -0.928. The molecule has 0 saturated carbocycles. The molecule has 3 heterocycles. The second kappa shape index (κ2) is 18.2. The highest BCUT2D eigenvalue weighted by Crippen LogP contribution is 2.36. The van der Waals surface area contributed by atoms with Crippen LogP contribution in [0.4, 0.5) is 13.2 Å². The zero-order valence-corrected chi connectivity index (χ0v) is 32.8. The van der Waals surface area contributed by atoms with Crippen LogP contribution < -0.4 is 18.9 Å². The Balaban J connectivity index is 0.000000180. The lowest BCUT2D eigenvalue weighted by atomic mass is 10.1. The third-order valence-electron chi connectivity index (χ3n) is 8.93. The number of nitrogens with zero attached hydrogens (tertiary/aromatic N) is 2. The van der Waals surface area contributed by atoms with Crippen LogP contribution >= 0.6 is 22.9 Å². The number of ether oxygens (including phenoxy) is 4. The molecule has 0 fully saturated rings. The highest BCUT2D eigenvalue weighted by molar-refractivity contribution is 7.08. The zero-order valence-electron chi connectivity index (χ0n) is 31.2. The minimum atomic E-state index is -4.38. The van der Waals surface area contributed by atoms with Crippen molar-refractivity contribution < 1.29 is 32.1 Å². The molecular weight excluding hydrogens is 785 g/mol. The number of alkyl halides is 3. The van der Waals surface area contributed by atoms with Crippen molar-refractivity contribution in [2.45, 2.75) is 19.4 Å². The molecule has 0 bridgehead atoms. The molecule has 13 heteroatoms. The molecule has 3 aromatic heterocycles. The SMILES string of the molecule is COc1cc(-c2cnc(-c3ccsc3)[nH]2)ccc1OCc1ccccc1.COc1cc(OCc2ccc(Cl)cc2)ccc1-c1cnc(-c2ccc(C(F)(F)F)cc2)[nH]1. The van der Waals surface area contributed by atoms with E-state index in [2.05, 4.69) is 25.3 Å². The minimum absolute atomic E-state index is 0.377. The molecule has 0 aliphatic carbocycles. The average molecular weight is 821 g/mol. The van der Waals surface area contributed by atoms with Gasteiger partial charge in [0.05, 0.1) is 43.6 Å². The minimum Gasteiger partial charge on any atom is -0.496 e. The van der Waals surface area contributed by atoms with Crippen LogP contribution in [-0.2, 0) is 19.4 Å². The molecule has 5 aromatic carbocycles. The van der Waals surface area contributed by atoms with E-state index in [1.807, 2.05) is 90.4 Å². The van der Waals surface area contributed by atoms with Crippen molar-refractivity contribution in [3.05, 3.63) is 166 Å². The summed E-state index contributed by atoms with van der Waals surface area (Å²) in [5, 5.41) is 4.78. The van der Waals surface area contributed by atoms with Crippen molar-refractivity contribution in [2.24, 2.45) is 0 Å². The van der Waals surface area contributed by atoms with E-state index in [0.29, 0.717) is 52.6 Å². The largest absolute Gasteiger partial charge is 0.496 e. The molecule has 0 spiro atoms. The molecular formula is C45H36ClF3N4O4S. The van der Waals surface area contributed by atoms with Crippen molar-refractivity contribution >= 4 is 22.9 Å². The van der Waals surface area contributed by atoms with E-state index in [-0.39, 0.29) is 0 Å². The first-order valence-corrected chi connectivity index (χ1v) is 19.2. The van der Waals surface area contributed by atoms with Gasteiger partial charge in [-0.05, 0) is 77.2 Å². The van der Waals surface area contributed by atoms with Crippen LogP contribution in [0, 0.1) is 0 Å². The van der Waals surface area contributed by atoms with Gasteiger partial charge in [-0.1, -0.05) is 66.2 Å². The molecule has 58 heavy (non-hydrogen) atoms. The average Bonchev–Trinajstić information content (AvgIpc) is 4.07. The Kier molecular flexibility index (Phi) is 12.5. The molecule has 2 N–H and O–H groups in total. The first-order chi connectivity index (χ1) is 28.2. The van der Waals surface area contributed by atoms with Crippen LogP contribution in [0.5, 0.6) is 23.0 Å². The number of methoxy groups -OCH3 is 2. The Bertz CT molecular complexity index is 2540. The number of imidazole rings is 2. The summed E-state index contributed by atoms with van der Waals surface area (Å²) in [5.41, 5.74) is 6.39. The van der Waals surface area contributed by atoms with Crippen LogP contribution in [0.3, 0.4) is 0 Å². The number of hydrogen-bond donors (Lipinski definition) is 2. The van der Waals surface area contributed by atoms with Gasteiger partial charge in [0.15, 0.2) is 11.5 Å². The summed E-state index contributed by atoms with van der Waals surface area (Å²) < 4.78 is 61.1. The van der Waals surface area contributed by atoms with E-state index in [4.69, 9.17) is 30.5 Å². The van der Waals surface area contributed by atoms with Crippen molar-refractivity contribution in [1.29, 1.82) is 0 Å². The van der Waals surface area contributed by atoms with Gasteiger partial charge >= 0.3 is 6.18 Å². The van der Waals surface area contributed by atoms with Gasteiger partial charge in [-0.3, -0.25) is 0 Å². The standard InChI is InChI=1S/C24H18ClF3N2O2.C21H18N2O2S/c1-31-22-12-19(32-14-15-2-8-18(25)9-3-15)10-11-20(22)21-13-29-23(30-21)16-4-6-17(7-5-16)24(26,27)28;1-24-20-11-16(18-12-22-21(23-18)17-9-10-26-14-17)7-8-19(20)25-13-15-5-3-2-4-6-15/h2-13H,14H2,1H3,(H,29,30);2-12,14H,13H2,1H3,(H,22,23). The van der Waals surface area contributed by atoms with Crippen LogP contribution in [0.15, 0.2) is 144 Å². The Hall–Kier alpha value is -6.50. The van der Waals surface area contributed by atoms with E-state index in [1.165, 1.54) is 12.1 Å². The fourth-order valence-electron chi connectivity index (χ4n) is 5.86. The Morgan fingerprint density at radius 3 is 1.97 bits per heavy atom. The summed E-state index contributed by atoms with van der Waals surface area (Å²) in [4.78, 5) is 15.3. The molecule has 294 valence electrons. The van der Waals surface area contributed by atoms with Gasteiger partial charge in [0.2, 0.25) is 0 Å². The molecule has 0 unspecified atom stereocenters. The molecule has 0 aliphatic heterocycles. The van der Waals surface area contributed by atoms with Gasteiger partial charge in [-0.25, -0.2) is 9.97 Å². The molecule has 0 aliphatic rings. The first-order valence-electron chi connectivity index (χ1n) is 17.9. The van der Waals surface area contributed by atoms with Gasteiger partial charge < -0.3 is 28.9 Å². The Labute approximate surface area is 341 Å². The molecule has 8 aromatic rings. The molecule has 8 nitrogen and oxygen atoms in total. The van der Waals surface area contributed by atoms with Gasteiger partial charge in [0, 0.05) is 38.7 Å². The number of benzene rings is 5. The smallest absolute Gasteiger partial charge is 0.416 e.